The second-order valence-corrected chi connectivity index (χ2v) is 4.67. The smallest absolute Gasteiger partial charge is 0.161 e. The lowest BCUT2D eigenvalue weighted by Crippen LogP contribution is -2.24. The van der Waals surface area contributed by atoms with E-state index in [1.54, 1.807) is 21.1 Å². The third-order valence-corrected chi connectivity index (χ3v) is 3.17. The molecule has 0 aromatic heterocycles. The van der Waals surface area contributed by atoms with E-state index >= 15 is 0 Å². The fourth-order valence-electron chi connectivity index (χ4n) is 2.03. The van der Waals surface area contributed by atoms with Crippen LogP contribution in [0.1, 0.15) is 38.3 Å². The molecule has 4 nitrogen and oxygen atoms in total. The van der Waals surface area contributed by atoms with Crippen molar-refractivity contribution in [3.63, 3.8) is 0 Å². The number of aliphatic hydroxyl groups excluding tert-OH is 1. The van der Waals surface area contributed by atoms with Gasteiger partial charge in [0.25, 0.3) is 0 Å². The van der Waals surface area contributed by atoms with Crippen molar-refractivity contribution in [2.75, 3.05) is 20.8 Å². The lowest BCUT2D eigenvalue weighted by Gasteiger charge is -2.19. The predicted molar refractivity (Wildman–Crippen MR) is 76.9 cm³/mol. The summed E-state index contributed by atoms with van der Waals surface area (Å²) in [6, 6.07) is 6.24. The number of rotatable bonds is 8. The maximum absolute atomic E-state index is 9.28. The zero-order valence-corrected chi connectivity index (χ0v) is 12.3. The fourth-order valence-corrected chi connectivity index (χ4v) is 2.03. The zero-order chi connectivity index (χ0) is 14.3. The van der Waals surface area contributed by atoms with Gasteiger partial charge in [-0.15, -0.1) is 0 Å². The number of hydrogen-bond acceptors (Lipinski definition) is 4. The van der Waals surface area contributed by atoms with E-state index < -0.39 is 0 Å². The van der Waals surface area contributed by atoms with Crippen LogP contribution < -0.4 is 14.8 Å². The summed E-state index contributed by atoms with van der Waals surface area (Å²) in [7, 11) is 3.28. The summed E-state index contributed by atoms with van der Waals surface area (Å²) in [5.74, 6) is 1.49. The lowest BCUT2D eigenvalue weighted by molar-refractivity contribution is 0.182. The van der Waals surface area contributed by atoms with Crippen LogP contribution >= 0.6 is 0 Å². The Hall–Kier alpha value is -1.26. The molecule has 0 bridgehead atoms. The number of ether oxygens (including phenoxy) is 2. The van der Waals surface area contributed by atoms with Gasteiger partial charge in [-0.2, -0.15) is 0 Å². The van der Waals surface area contributed by atoms with E-state index in [0.717, 1.165) is 30.9 Å². The Kier molecular flexibility index (Phi) is 6.67. The van der Waals surface area contributed by atoms with E-state index in [2.05, 4.69) is 12.2 Å². The molecule has 0 amide bonds. The van der Waals surface area contributed by atoms with Crippen molar-refractivity contribution in [3.05, 3.63) is 23.8 Å². The zero-order valence-electron chi connectivity index (χ0n) is 12.3. The summed E-state index contributed by atoms with van der Waals surface area (Å²) in [4.78, 5) is 0. The van der Waals surface area contributed by atoms with Gasteiger partial charge in [-0.05, 0) is 44.0 Å². The van der Waals surface area contributed by atoms with Crippen LogP contribution in [-0.4, -0.2) is 32.0 Å². The Morgan fingerprint density at radius 3 is 2.42 bits per heavy atom. The highest BCUT2D eigenvalue weighted by Crippen LogP contribution is 2.30. The van der Waals surface area contributed by atoms with Crippen LogP contribution in [0.3, 0.4) is 0 Å². The molecule has 108 valence electrons. The van der Waals surface area contributed by atoms with Crippen molar-refractivity contribution >= 4 is 0 Å². The maximum atomic E-state index is 9.28. The molecule has 0 saturated carbocycles. The van der Waals surface area contributed by atoms with E-state index in [-0.39, 0.29) is 12.1 Å². The van der Waals surface area contributed by atoms with Gasteiger partial charge in [0.05, 0.1) is 20.3 Å². The van der Waals surface area contributed by atoms with Gasteiger partial charge in [-0.25, -0.2) is 0 Å². The van der Waals surface area contributed by atoms with Gasteiger partial charge in [0, 0.05) is 6.04 Å². The molecule has 2 unspecified atom stereocenters. The molecule has 2 N–H and O–H groups in total. The third kappa shape index (κ3) is 4.73. The molecule has 0 aliphatic carbocycles. The van der Waals surface area contributed by atoms with Crippen LogP contribution in [0.2, 0.25) is 0 Å². The minimum absolute atomic E-state index is 0.263. The van der Waals surface area contributed by atoms with Gasteiger partial charge in [-0.3, -0.25) is 0 Å². The van der Waals surface area contributed by atoms with Crippen molar-refractivity contribution in [2.24, 2.45) is 0 Å². The molecule has 0 heterocycles. The largest absolute Gasteiger partial charge is 0.493 e. The molecule has 1 rings (SSSR count). The summed E-state index contributed by atoms with van der Waals surface area (Å²) in [5, 5.41) is 12.7. The van der Waals surface area contributed by atoms with Gasteiger partial charge >= 0.3 is 0 Å². The summed E-state index contributed by atoms with van der Waals surface area (Å²) in [6.07, 6.45) is 1.47. The first-order valence-electron chi connectivity index (χ1n) is 6.75. The second kappa shape index (κ2) is 8.02. The lowest BCUT2D eigenvalue weighted by atomic mass is 10.0. The van der Waals surface area contributed by atoms with Crippen LogP contribution in [0.5, 0.6) is 11.5 Å². The van der Waals surface area contributed by atoms with E-state index in [0.29, 0.717) is 0 Å². The highest BCUT2D eigenvalue weighted by Gasteiger charge is 2.12. The van der Waals surface area contributed by atoms with Crippen molar-refractivity contribution in [1.82, 2.24) is 5.32 Å². The number of aliphatic hydroxyl groups is 1. The van der Waals surface area contributed by atoms with Gasteiger partial charge in [-0.1, -0.05) is 13.0 Å². The number of hydrogen-bond donors (Lipinski definition) is 2. The molecule has 0 saturated heterocycles. The normalized spacial score (nSPS) is 13.9. The number of methoxy groups -OCH3 is 2. The average Bonchev–Trinajstić information content (AvgIpc) is 2.42. The van der Waals surface area contributed by atoms with E-state index in [4.69, 9.17) is 9.47 Å². The summed E-state index contributed by atoms with van der Waals surface area (Å²) >= 11 is 0. The van der Waals surface area contributed by atoms with Crippen LogP contribution in [0.4, 0.5) is 0 Å². The van der Waals surface area contributed by atoms with Gasteiger partial charge in [0.15, 0.2) is 11.5 Å². The minimum atomic E-state index is -0.268. The number of benzene rings is 1. The third-order valence-electron chi connectivity index (χ3n) is 3.17. The Balaban J connectivity index is 2.75. The van der Waals surface area contributed by atoms with Crippen LogP contribution in [0.25, 0.3) is 0 Å². The van der Waals surface area contributed by atoms with Crippen molar-refractivity contribution < 1.29 is 14.6 Å². The van der Waals surface area contributed by atoms with Crippen molar-refractivity contribution in [3.8, 4) is 11.5 Å². The first kappa shape index (κ1) is 15.8. The van der Waals surface area contributed by atoms with E-state index in [1.165, 1.54) is 5.56 Å². The predicted octanol–water partition coefficient (Wildman–Crippen LogP) is 2.52. The Morgan fingerprint density at radius 2 is 1.89 bits per heavy atom. The molecule has 19 heavy (non-hydrogen) atoms. The number of nitrogens with one attached hydrogen (secondary N) is 1. The van der Waals surface area contributed by atoms with Crippen molar-refractivity contribution in [1.29, 1.82) is 0 Å². The van der Waals surface area contributed by atoms with Gasteiger partial charge < -0.3 is 19.9 Å². The summed E-state index contributed by atoms with van der Waals surface area (Å²) in [5.41, 5.74) is 1.17. The SMILES string of the molecule is CCC(NCCC(C)O)c1ccc(OC)c(OC)c1. The molecule has 0 fully saturated rings. The van der Waals surface area contributed by atoms with Gasteiger partial charge in [0.1, 0.15) is 0 Å². The molecule has 1 aromatic rings. The molecule has 0 radical (unpaired) electrons. The highest BCUT2D eigenvalue weighted by atomic mass is 16.5. The minimum Gasteiger partial charge on any atom is -0.493 e. The maximum Gasteiger partial charge on any atom is 0.161 e. The monoisotopic (exact) mass is 267 g/mol. The summed E-state index contributed by atoms with van der Waals surface area (Å²) < 4.78 is 10.6. The Morgan fingerprint density at radius 1 is 1.21 bits per heavy atom. The second-order valence-electron chi connectivity index (χ2n) is 4.67. The van der Waals surface area contributed by atoms with Gasteiger partial charge in [0.2, 0.25) is 0 Å². The van der Waals surface area contributed by atoms with Crippen LogP contribution in [-0.2, 0) is 0 Å². The molecule has 1 aromatic carbocycles. The molecule has 4 heteroatoms. The van der Waals surface area contributed by atoms with E-state index in [9.17, 15) is 5.11 Å². The molecular weight excluding hydrogens is 242 g/mol. The first-order valence-corrected chi connectivity index (χ1v) is 6.75. The van der Waals surface area contributed by atoms with E-state index in [1.807, 2.05) is 18.2 Å². The summed E-state index contributed by atoms with van der Waals surface area (Å²) in [6.45, 7) is 4.74. The quantitative estimate of drug-likeness (QED) is 0.760. The Labute approximate surface area is 115 Å². The standard InChI is InChI=1S/C15H25NO3/c1-5-13(16-9-8-11(2)17)12-6-7-14(18-3)15(10-12)19-4/h6-7,10-11,13,16-17H,5,8-9H2,1-4H3. The van der Waals surface area contributed by atoms with Crippen LogP contribution in [0, 0.1) is 0 Å². The van der Waals surface area contributed by atoms with Crippen LogP contribution in [0.15, 0.2) is 18.2 Å². The highest BCUT2D eigenvalue weighted by molar-refractivity contribution is 5.43. The molecular formula is C15H25NO3. The molecule has 2 atom stereocenters. The molecule has 0 aliphatic heterocycles. The van der Waals surface area contributed by atoms with Crippen molar-refractivity contribution in [2.45, 2.75) is 38.8 Å². The topological polar surface area (TPSA) is 50.7 Å². The molecule has 0 aliphatic rings. The molecule has 0 spiro atoms. The Bertz CT molecular complexity index is 380. The average molecular weight is 267 g/mol. The first-order chi connectivity index (χ1) is 9.12. The fraction of sp³-hybridized carbons (Fsp3) is 0.600.